The summed E-state index contributed by atoms with van der Waals surface area (Å²) in [5.41, 5.74) is 1.88. The van der Waals surface area contributed by atoms with Gasteiger partial charge in [-0.2, -0.15) is 0 Å². The van der Waals surface area contributed by atoms with Gasteiger partial charge in [-0.05, 0) is 29.6 Å². The van der Waals surface area contributed by atoms with Crippen LogP contribution in [0.25, 0.3) is 0 Å². The van der Waals surface area contributed by atoms with Gasteiger partial charge in [-0.25, -0.2) is 0 Å². The van der Waals surface area contributed by atoms with E-state index in [1.165, 1.54) is 4.88 Å². The average molecular weight is 366 g/mol. The molecule has 5 heteroatoms. The maximum absolute atomic E-state index is 12.5. The summed E-state index contributed by atoms with van der Waals surface area (Å²) in [6.45, 7) is 1.67. The van der Waals surface area contributed by atoms with Crippen LogP contribution >= 0.6 is 11.3 Å². The quantitative estimate of drug-likeness (QED) is 0.642. The van der Waals surface area contributed by atoms with Crippen LogP contribution in [0, 0.1) is 0 Å². The molecule has 1 aromatic heterocycles. The Balaban J connectivity index is 1.71. The van der Waals surface area contributed by atoms with Crippen molar-refractivity contribution in [3.05, 3.63) is 82.6 Å². The Kier molecular flexibility index (Phi) is 6.41. The molecule has 3 aromatic rings. The summed E-state index contributed by atoms with van der Waals surface area (Å²) in [5, 5.41) is 5.01. The molecule has 1 amide bonds. The van der Waals surface area contributed by atoms with Gasteiger partial charge in [0.1, 0.15) is 5.75 Å². The highest BCUT2D eigenvalue weighted by Crippen LogP contribution is 2.21. The van der Waals surface area contributed by atoms with Gasteiger partial charge in [0.15, 0.2) is 0 Å². The minimum absolute atomic E-state index is 0.0253. The highest BCUT2D eigenvalue weighted by molar-refractivity contribution is 7.09. The summed E-state index contributed by atoms with van der Waals surface area (Å²) in [6, 6.07) is 21.6. The first-order valence-electron chi connectivity index (χ1n) is 8.46. The molecule has 0 aliphatic carbocycles. The van der Waals surface area contributed by atoms with E-state index in [1.54, 1.807) is 18.4 Å². The Morgan fingerprint density at radius 2 is 1.77 bits per heavy atom. The van der Waals surface area contributed by atoms with Crippen molar-refractivity contribution in [2.45, 2.75) is 13.1 Å². The molecule has 0 bridgehead atoms. The lowest BCUT2D eigenvalue weighted by atomic mass is 10.2. The number of hydrogen-bond acceptors (Lipinski definition) is 4. The summed E-state index contributed by atoms with van der Waals surface area (Å²) in [4.78, 5) is 15.9. The van der Waals surface area contributed by atoms with E-state index in [-0.39, 0.29) is 5.91 Å². The minimum atomic E-state index is -0.0253. The molecule has 0 aliphatic heterocycles. The van der Waals surface area contributed by atoms with E-state index in [0.29, 0.717) is 13.1 Å². The SMILES string of the molecule is COc1ccccc1CN(CC(=O)Nc1ccccc1)Cc1cccs1. The van der Waals surface area contributed by atoms with Crippen LogP contribution in [-0.4, -0.2) is 24.5 Å². The van der Waals surface area contributed by atoms with E-state index in [0.717, 1.165) is 23.5 Å². The average Bonchev–Trinajstić information content (AvgIpc) is 3.16. The smallest absolute Gasteiger partial charge is 0.238 e. The van der Waals surface area contributed by atoms with Gasteiger partial charge < -0.3 is 10.1 Å². The fourth-order valence-corrected chi connectivity index (χ4v) is 3.54. The number of rotatable bonds is 8. The molecule has 1 N–H and O–H groups in total. The highest BCUT2D eigenvalue weighted by atomic mass is 32.1. The number of para-hydroxylation sites is 2. The van der Waals surface area contributed by atoms with Gasteiger partial charge in [0.05, 0.1) is 13.7 Å². The summed E-state index contributed by atoms with van der Waals surface area (Å²) < 4.78 is 5.46. The number of ether oxygens (including phenoxy) is 1. The van der Waals surface area contributed by atoms with Crippen molar-refractivity contribution in [2.75, 3.05) is 19.0 Å². The van der Waals surface area contributed by atoms with Gasteiger partial charge in [0.2, 0.25) is 5.91 Å². The molecule has 4 nitrogen and oxygen atoms in total. The molecule has 134 valence electrons. The molecule has 0 saturated carbocycles. The van der Waals surface area contributed by atoms with E-state index < -0.39 is 0 Å². The number of anilines is 1. The molecule has 1 heterocycles. The van der Waals surface area contributed by atoms with Crippen molar-refractivity contribution >= 4 is 22.9 Å². The molecule has 2 aromatic carbocycles. The summed E-state index contributed by atoms with van der Waals surface area (Å²) in [6.07, 6.45) is 0. The summed E-state index contributed by atoms with van der Waals surface area (Å²) in [7, 11) is 1.67. The van der Waals surface area contributed by atoms with Crippen LogP contribution in [0.3, 0.4) is 0 Å². The van der Waals surface area contributed by atoms with Crippen LogP contribution in [-0.2, 0) is 17.9 Å². The van der Waals surface area contributed by atoms with Crippen molar-refractivity contribution in [3.63, 3.8) is 0 Å². The molecule has 26 heavy (non-hydrogen) atoms. The molecule has 0 atom stereocenters. The van der Waals surface area contributed by atoms with Crippen molar-refractivity contribution in [1.29, 1.82) is 0 Å². The van der Waals surface area contributed by atoms with Crippen molar-refractivity contribution in [1.82, 2.24) is 4.90 Å². The van der Waals surface area contributed by atoms with Gasteiger partial charge >= 0.3 is 0 Å². The Morgan fingerprint density at radius 1 is 1.00 bits per heavy atom. The van der Waals surface area contributed by atoms with Crippen LogP contribution in [0.2, 0.25) is 0 Å². The van der Waals surface area contributed by atoms with E-state index >= 15 is 0 Å². The molecule has 0 fully saturated rings. The van der Waals surface area contributed by atoms with Gasteiger partial charge in [0, 0.05) is 29.2 Å². The third-order valence-corrected chi connectivity index (χ3v) is 4.83. The second-order valence-electron chi connectivity index (χ2n) is 5.95. The fourth-order valence-electron chi connectivity index (χ4n) is 2.79. The topological polar surface area (TPSA) is 41.6 Å². The number of thiophene rings is 1. The van der Waals surface area contributed by atoms with Crippen LogP contribution < -0.4 is 10.1 Å². The lowest BCUT2D eigenvalue weighted by molar-refractivity contribution is -0.117. The van der Waals surface area contributed by atoms with Crippen molar-refractivity contribution in [2.24, 2.45) is 0 Å². The minimum Gasteiger partial charge on any atom is -0.496 e. The van der Waals surface area contributed by atoms with Gasteiger partial charge in [0.25, 0.3) is 0 Å². The lowest BCUT2D eigenvalue weighted by Gasteiger charge is -2.22. The number of carbonyl (C=O) groups excluding carboxylic acids is 1. The Morgan fingerprint density at radius 3 is 2.50 bits per heavy atom. The zero-order valence-electron chi connectivity index (χ0n) is 14.7. The summed E-state index contributed by atoms with van der Waals surface area (Å²) in [5.74, 6) is 0.815. The zero-order valence-corrected chi connectivity index (χ0v) is 15.5. The molecule has 0 aliphatic rings. The first-order valence-corrected chi connectivity index (χ1v) is 9.34. The lowest BCUT2D eigenvalue weighted by Crippen LogP contribution is -2.32. The monoisotopic (exact) mass is 366 g/mol. The predicted molar refractivity (Wildman–Crippen MR) is 106 cm³/mol. The normalized spacial score (nSPS) is 10.7. The number of amides is 1. The number of hydrogen-bond donors (Lipinski definition) is 1. The second-order valence-corrected chi connectivity index (χ2v) is 6.98. The number of benzene rings is 2. The maximum atomic E-state index is 12.5. The Labute approximate surface area is 158 Å². The van der Waals surface area contributed by atoms with E-state index in [9.17, 15) is 4.79 Å². The predicted octanol–water partition coefficient (Wildman–Crippen LogP) is 4.40. The highest BCUT2D eigenvalue weighted by Gasteiger charge is 2.15. The molecule has 0 spiro atoms. The van der Waals surface area contributed by atoms with Crippen LogP contribution in [0.5, 0.6) is 5.75 Å². The van der Waals surface area contributed by atoms with Crippen LogP contribution in [0.4, 0.5) is 5.69 Å². The van der Waals surface area contributed by atoms with E-state index in [1.807, 2.05) is 60.7 Å². The van der Waals surface area contributed by atoms with Crippen molar-refractivity contribution in [3.8, 4) is 5.75 Å². The van der Waals surface area contributed by atoms with Crippen LogP contribution in [0.1, 0.15) is 10.4 Å². The fraction of sp³-hybridized carbons (Fsp3) is 0.190. The molecular formula is C21H22N2O2S. The second kappa shape index (κ2) is 9.17. The molecular weight excluding hydrogens is 344 g/mol. The van der Waals surface area contributed by atoms with Gasteiger partial charge in [-0.1, -0.05) is 42.5 Å². The number of nitrogens with one attached hydrogen (secondary N) is 1. The number of nitrogens with zero attached hydrogens (tertiary/aromatic N) is 1. The third-order valence-electron chi connectivity index (χ3n) is 3.97. The van der Waals surface area contributed by atoms with Crippen molar-refractivity contribution < 1.29 is 9.53 Å². The zero-order chi connectivity index (χ0) is 18.2. The first-order chi connectivity index (χ1) is 12.7. The summed E-state index contributed by atoms with van der Waals surface area (Å²) >= 11 is 1.70. The largest absolute Gasteiger partial charge is 0.496 e. The first kappa shape index (κ1) is 18.2. The molecule has 0 unspecified atom stereocenters. The number of carbonyl (C=O) groups is 1. The van der Waals surface area contributed by atoms with E-state index in [4.69, 9.17) is 4.74 Å². The van der Waals surface area contributed by atoms with E-state index in [2.05, 4.69) is 21.7 Å². The standard InChI is InChI=1S/C21H22N2O2S/c1-25-20-12-6-5-8-17(20)14-23(15-19-11-7-13-26-19)16-21(24)22-18-9-3-2-4-10-18/h2-13H,14-16H2,1H3,(H,22,24). The maximum Gasteiger partial charge on any atom is 0.238 e. The van der Waals surface area contributed by atoms with Crippen LogP contribution in [0.15, 0.2) is 72.1 Å². The molecule has 3 rings (SSSR count). The van der Waals surface area contributed by atoms with Gasteiger partial charge in [-0.3, -0.25) is 9.69 Å². The molecule has 0 saturated heterocycles. The Bertz CT molecular complexity index is 819. The van der Waals surface area contributed by atoms with Gasteiger partial charge in [-0.15, -0.1) is 11.3 Å². The molecule has 0 radical (unpaired) electrons. The number of methoxy groups -OCH3 is 1. The third kappa shape index (κ3) is 5.18. The Hall–Kier alpha value is -2.63.